The summed E-state index contributed by atoms with van der Waals surface area (Å²) in [6.45, 7) is 6.31. The first kappa shape index (κ1) is 26.3. The van der Waals surface area contributed by atoms with Crippen molar-refractivity contribution in [3.05, 3.63) is 73.8 Å². The van der Waals surface area contributed by atoms with E-state index in [-0.39, 0.29) is 28.8 Å². The third-order valence-electron chi connectivity index (χ3n) is 6.12. The van der Waals surface area contributed by atoms with E-state index in [1.165, 1.54) is 42.6 Å². The van der Waals surface area contributed by atoms with Crippen LogP contribution >= 0.6 is 0 Å². The van der Waals surface area contributed by atoms with Gasteiger partial charge in [0, 0.05) is 67.3 Å². The highest BCUT2D eigenvalue weighted by Crippen LogP contribution is 2.29. The number of hydrogen-bond acceptors (Lipinski definition) is 8. The number of benzene rings is 2. The second-order valence-electron chi connectivity index (χ2n) is 8.30. The zero-order valence-electron chi connectivity index (χ0n) is 20.1. The molecule has 3 rings (SSSR count). The van der Waals surface area contributed by atoms with Gasteiger partial charge in [0.2, 0.25) is 5.91 Å². The van der Waals surface area contributed by atoms with Crippen molar-refractivity contribution in [3.63, 3.8) is 0 Å². The largest absolute Gasteiger partial charge is 0.370 e. The standard InChI is InChI=1S/C24H28N6O6/c1-3-27(4-2)24(32)18-6-5-13-28(16-18)22-12-11-21(30(35)36)14-19(22)15-25-26-23(31)17-7-9-20(10-8-17)29(33)34/h7-12,14-15,18H,3-6,13,16H2,1-2H3,(H,26,31)/b25-15-/t18-/m1/s1. The highest BCUT2D eigenvalue weighted by Gasteiger charge is 2.29. The molecule has 1 aliphatic heterocycles. The van der Waals surface area contributed by atoms with Gasteiger partial charge in [0.05, 0.1) is 22.0 Å². The maximum absolute atomic E-state index is 12.9. The van der Waals surface area contributed by atoms with Crippen LogP contribution in [0.25, 0.3) is 0 Å². The number of amides is 2. The van der Waals surface area contributed by atoms with E-state index in [1.54, 1.807) is 11.0 Å². The van der Waals surface area contributed by atoms with Gasteiger partial charge in [-0.2, -0.15) is 5.10 Å². The van der Waals surface area contributed by atoms with E-state index >= 15 is 0 Å². The molecule has 0 aromatic heterocycles. The lowest BCUT2D eigenvalue weighted by atomic mass is 9.95. The Labute approximate surface area is 207 Å². The maximum atomic E-state index is 12.9. The molecular formula is C24H28N6O6. The van der Waals surface area contributed by atoms with Crippen molar-refractivity contribution in [1.29, 1.82) is 0 Å². The molecule has 1 N–H and O–H groups in total. The van der Waals surface area contributed by atoms with E-state index in [4.69, 9.17) is 0 Å². The number of non-ortho nitro benzene ring substituents is 2. The Bertz CT molecular complexity index is 1160. The molecule has 0 spiro atoms. The fourth-order valence-electron chi connectivity index (χ4n) is 4.20. The van der Waals surface area contributed by atoms with Crippen molar-refractivity contribution in [2.75, 3.05) is 31.1 Å². The van der Waals surface area contributed by atoms with E-state index in [0.717, 1.165) is 12.8 Å². The molecule has 0 bridgehead atoms. The van der Waals surface area contributed by atoms with E-state index in [9.17, 15) is 29.8 Å². The number of rotatable bonds is 9. The summed E-state index contributed by atoms with van der Waals surface area (Å²) in [6.07, 6.45) is 2.89. The molecule has 2 aromatic carbocycles. The predicted molar refractivity (Wildman–Crippen MR) is 134 cm³/mol. The van der Waals surface area contributed by atoms with Gasteiger partial charge in [-0.3, -0.25) is 29.8 Å². The Morgan fingerprint density at radius 3 is 2.33 bits per heavy atom. The van der Waals surface area contributed by atoms with Gasteiger partial charge in [-0.1, -0.05) is 0 Å². The van der Waals surface area contributed by atoms with Gasteiger partial charge in [-0.25, -0.2) is 5.43 Å². The lowest BCUT2D eigenvalue weighted by Crippen LogP contribution is -2.45. The Balaban J connectivity index is 1.80. The van der Waals surface area contributed by atoms with Crippen LogP contribution in [0.1, 0.15) is 42.6 Å². The highest BCUT2D eigenvalue weighted by molar-refractivity contribution is 5.96. The Morgan fingerprint density at radius 2 is 1.72 bits per heavy atom. The number of hydrazone groups is 1. The summed E-state index contributed by atoms with van der Waals surface area (Å²) in [5, 5.41) is 26.1. The maximum Gasteiger partial charge on any atom is 0.271 e. The number of nitro benzene ring substituents is 2. The minimum absolute atomic E-state index is 0.0946. The summed E-state index contributed by atoms with van der Waals surface area (Å²) in [5.41, 5.74) is 3.34. The van der Waals surface area contributed by atoms with Crippen LogP contribution in [-0.2, 0) is 4.79 Å². The molecule has 0 unspecified atom stereocenters. The molecule has 0 saturated carbocycles. The van der Waals surface area contributed by atoms with E-state index in [1.807, 2.05) is 18.7 Å². The van der Waals surface area contributed by atoms with Crippen molar-refractivity contribution in [2.45, 2.75) is 26.7 Å². The van der Waals surface area contributed by atoms with Crippen molar-refractivity contribution in [1.82, 2.24) is 10.3 Å². The Hall–Kier alpha value is -4.35. The molecule has 190 valence electrons. The zero-order valence-corrected chi connectivity index (χ0v) is 20.1. The highest BCUT2D eigenvalue weighted by atomic mass is 16.6. The van der Waals surface area contributed by atoms with Gasteiger partial charge < -0.3 is 9.80 Å². The van der Waals surface area contributed by atoms with Gasteiger partial charge in [0.15, 0.2) is 0 Å². The van der Waals surface area contributed by atoms with E-state index < -0.39 is 15.8 Å². The van der Waals surface area contributed by atoms with Crippen molar-refractivity contribution >= 4 is 35.1 Å². The number of hydrogen-bond donors (Lipinski definition) is 1. The second-order valence-corrected chi connectivity index (χ2v) is 8.30. The molecule has 1 heterocycles. The van der Waals surface area contributed by atoms with Gasteiger partial charge in [0.25, 0.3) is 17.3 Å². The number of carbonyl (C=O) groups is 2. The molecule has 0 aliphatic carbocycles. The minimum Gasteiger partial charge on any atom is -0.370 e. The van der Waals surface area contributed by atoms with E-state index in [2.05, 4.69) is 10.5 Å². The summed E-state index contributed by atoms with van der Waals surface area (Å²) in [6, 6.07) is 9.44. The molecular weight excluding hydrogens is 468 g/mol. The van der Waals surface area contributed by atoms with Crippen LogP contribution < -0.4 is 10.3 Å². The summed E-state index contributed by atoms with van der Waals surface area (Å²) >= 11 is 0. The van der Waals surface area contributed by atoms with Gasteiger partial charge in [-0.05, 0) is 44.9 Å². The van der Waals surface area contributed by atoms with Crippen LogP contribution in [0.2, 0.25) is 0 Å². The fraction of sp³-hybridized carbons (Fsp3) is 0.375. The molecule has 36 heavy (non-hydrogen) atoms. The predicted octanol–water partition coefficient (Wildman–Crippen LogP) is 3.35. The third kappa shape index (κ3) is 6.20. The summed E-state index contributed by atoms with van der Waals surface area (Å²) in [7, 11) is 0. The molecule has 12 nitrogen and oxygen atoms in total. The zero-order chi connectivity index (χ0) is 26.2. The van der Waals surface area contributed by atoms with Crippen LogP contribution in [-0.4, -0.2) is 59.0 Å². The summed E-state index contributed by atoms with van der Waals surface area (Å²) in [5.74, 6) is -0.673. The van der Waals surface area contributed by atoms with Gasteiger partial charge in [-0.15, -0.1) is 0 Å². The fourth-order valence-corrected chi connectivity index (χ4v) is 4.20. The molecule has 12 heteroatoms. The number of piperidine rings is 1. The molecule has 1 atom stereocenters. The van der Waals surface area contributed by atoms with Crippen molar-refractivity contribution in [3.8, 4) is 0 Å². The average molecular weight is 497 g/mol. The third-order valence-corrected chi connectivity index (χ3v) is 6.12. The molecule has 1 fully saturated rings. The quantitative estimate of drug-likeness (QED) is 0.317. The van der Waals surface area contributed by atoms with Crippen LogP contribution in [0.5, 0.6) is 0 Å². The number of nitrogens with zero attached hydrogens (tertiary/aromatic N) is 5. The molecule has 2 amide bonds. The van der Waals surface area contributed by atoms with Crippen LogP contribution in [0.15, 0.2) is 47.6 Å². The SMILES string of the molecule is CCN(CC)C(=O)[C@@H]1CCCN(c2ccc([N+](=O)[O-])cc2/C=N\NC(=O)c2ccc([N+](=O)[O-])cc2)C1. The molecule has 2 aromatic rings. The monoisotopic (exact) mass is 496 g/mol. The number of nitro groups is 2. The summed E-state index contributed by atoms with van der Waals surface area (Å²) < 4.78 is 0. The topological polar surface area (TPSA) is 151 Å². The number of carbonyl (C=O) groups excluding carboxylic acids is 2. The first-order chi connectivity index (χ1) is 17.2. The molecule has 1 aliphatic rings. The molecule has 1 saturated heterocycles. The number of nitrogens with one attached hydrogen (secondary N) is 1. The lowest BCUT2D eigenvalue weighted by Gasteiger charge is -2.36. The lowest BCUT2D eigenvalue weighted by molar-refractivity contribution is -0.385. The van der Waals surface area contributed by atoms with Crippen molar-refractivity contribution < 1.29 is 19.4 Å². The smallest absolute Gasteiger partial charge is 0.271 e. The second kappa shape index (κ2) is 11.9. The van der Waals surface area contributed by atoms with E-state index in [0.29, 0.717) is 37.4 Å². The first-order valence-electron chi connectivity index (χ1n) is 11.6. The van der Waals surface area contributed by atoms with Crippen LogP contribution in [0.4, 0.5) is 17.1 Å². The average Bonchev–Trinajstić information content (AvgIpc) is 2.89. The Kier molecular flexibility index (Phi) is 8.66. The first-order valence-corrected chi connectivity index (χ1v) is 11.6. The normalized spacial score (nSPS) is 15.5. The summed E-state index contributed by atoms with van der Waals surface area (Å²) in [4.78, 5) is 50.1. The van der Waals surface area contributed by atoms with Gasteiger partial charge >= 0.3 is 0 Å². The van der Waals surface area contributed by atoms with Crippen LogP contribution in [0, 0.1) is 26.1 Å². The van der Waals surface area contributed by atoms with Gasteiger partial charge in [0.1, 0.15) is 0 Å². The Morgan fingerprint density at radius 1 is 1.08 bits per heavy atom. The minimum atomic E-state index is -0.587. The van der Waals surface area contributed by atoms with Crippen LogP contribution in [0.3, 0.4) is 0 Å². The number of anilines is 1. The molecule has 0 radical (unpaired) electrons. The van der Waals surface area contributed by atoms with Crippen molar-refractivity contribution in [2.24, 2.45) is 11.0 Å².